The number of ether oxygens (including phenoxy) is 2. The molecule has 1 aromatic rings. The van der Waals surface area contributed by atoms with Gasteiger partial charge in [0.25, 0.3) is 0 Å². The molecule has 1 aromatic carbocycles. The zero-order chi connectivity index (χ0) is 16.2. The molecule has 0 spiro atoms. The van der Waals surface area contributed by atoms with Crippen LogP contribution >= 0.6 is 24.0 Å². The fourth-order valence-electron chi connectivity index (χ4n) is 2.12. The number of hydrogen-bond acceptors (Lipinski definition) is 3. The second kappa shape index (κ2) is 13.3. The highest BCUT2D eigenvalue weighted by atomic mass is 127. The van der Waals surface area contributed by atoms with Crippen molar-refractivity contribution in [3.05, 3.63) is 30.3 Å². The third-order valence-corrected chi connectivity index (χ3v) is 3.66. The number of aliphatic imine (C=N–C) groups is 1. The van der Waals surface area contributed by atoms with Gasteiger partial charge in [-0.3, -0.25) is 4.99 Å². The van der Waals surface area contributed by atoms with Crippen LogP contribution in [0.15, 0.2) is 35.3 Å². The predicted molar refractivity (Wildman–Crippen MR) is 109 cm³/mol. The summed E-state index contributed by atoms with van der Waals surface area (Å²) in [6.07, 6.45) is 4.64. The van der Waals surface area contributed by atoms with Gasteiger partial charge >= 0.3 is 0 Å². The number of hydrogen-bond donors (Lipinski definition) is 2. The van der Waals surface area contributed by atoms with E-state index in [0.717, 1.165) is 56.8 Å². The van der Waals surface area contributed by atoms with E-state index in [1.165, 1.54) is 12.8 Å². The first-order valence-electron chi connectivity index (χ1n) is 8.58. The monoisotopic (exact) mass is 447 g/mol. The zero-order valence-electron chi connectivity index (χ0n) is 14.5. The van der Waals surface area contributed by atoms with Gasteiger partial charge in [-0.15, -0.1) is 24.0 Å². The second-order valence-corrected chi connectivity index (χ2v) is 5.81. The van der Waals surface area contributed by atoms with E-state index in [9.17, 15) is 0 Å². The predicted octanol–water partition coefficient (Wildman–Crippen LogP) is 3.06. The van der Waals surface area contributed by atoms with Gasteiger partial charge in [-0.2, -0.15) is 0 Å². The number of nitrogens with zero attached hydrogens (tertiary/aromatic N) is 1. The second-order valence-electron chi connectivity index (χ2n) is 5.81. The van der Waals surface area contributed by atoms with Gasteiger partial charge < -0.3 is 20.1 Å². The lowest BCUT2D eigenvalue weighted by Crippen LogP contribution is -2.38. The van der Waals surface area contributed by atoms with Crippen LogP contribution in [0.3, 0.4) is 0 Å². The molecule has 2 rings (SSSR count). The van der Waals surface area contributed by atoms with Crippen molar-refractivity contribution in [3.63, 3.8) is 0 Å². The van der Waals surface area contributed by atoms with E-state index in [0.29, 0.717) is 6.61 Å². The summed E-state index contributed by atoms with van der Waals surface area (Å²) in [5.74, 6) is 2.60. The van der Waals surface area contributed by atoms with Crippen LogP contribution in [-0.4, -0.2) is 45.9 Å². The number of para-hydroxylation sites is 1. The van der Waals surface area contributed by atoms with E-state index in [-0.39, 0.29) is 24.0 Å². The molecule has 24 heavy (non-hydrogen) atoms. The van der Waals surface area contributed by atoms with Crippen LogP contribution in [-0.2, 0) is 4.74 Å². The Morgan fingerprint density at radius 2 is 1.75 bits per heavy atom. The first-order chi connectivity index (χ1) is 11.4. The van der Waals surface area contributed by atoms with Crippen molar-refractivity contribution >= 4 is 29.9 Å². The maximum Gasteiger partial charge on any atom is 0.190 e. The van der Waals surface area contributed by atoms with Gasteiger partial charge in [0, 0.05) is 33.4 Å². The molecule has 0 heterocycles. The van der Waals surface area contributed by atoms with Crippen LogP contribution in [0.5, 0.6) is 5.75 Å². The van der Waals surface area contributed by atoms with Crippen molar-refractivity contribution in [3.8, 4) is 5.75 Å². The maximum absolute atomic E-state index is 5.65. The highest BCUT2D eigenvalue weighted by Crippen LogP contribution is 2.28. The molecule has 136 valence electrons. The molecule has 0 radical (unpaired) electrons. The van der Waals surface area contributed by atoms with Crippen molar-refractivity contribution in [2.45, 2.75) is 25.7 Å². The highest BCUT2D eigenvalue weighted by Gasteiger charge is 2.20. The van der Waals surface area contributed by atoms with Crippen LogP contribution < -0.4 is 15.4 Å². The van der Waals surface area contributed by atoms with Gasteiger partial charge in [0.2, 0.25) is 0 Å². The molecular formula is C18H30IN3O2. The molecule has 0 unspecified atom stereocenters. The molecular weight excluding hydrogens is 417 g/mol. The average molecular weight is 447 g/mol. The molecule has 1 aliphatic carbocycles. The van der Waals surface area contributed by atoms with Crippen LogP contribution in [0, 0.1) is 5.92 Å². The molecule has 1 fully saturated rings. The van der Waals surface area contributed by atoms with Crippen LogP contribution in [0.25, 0.3) is 0 Å². The summed E-state index contributed by atoms with van der Waals surface area (Å²) in [5.41, 5.74) is 0. The molecule has 1 aliphatic rings. The Bertz CT molecular complexity index is 453. The van der Waals surface area contributed by atoms with Crippen molar-refractivity contribution in [1.82, 2.24) is 10.6 Å². The van der Waals surface area contributed by atoms with E-state index in [1.807, 2.05) is 30.3 Å². The molecule has 0 aromatic heterocycles. The Morgan fingerprint density at radius 1 is 1.08 bits per heavy atom. The van der Waals surface area contributed by atoms with Gasteiger partial charge in [-0.05, 0) is 43.7 Å². The molecule has 0 atom stereocenters. The topological polar surface area (TPSA) is 54.9 Å². The van der Waals surface area contributed by atoms with Crippen molar-refractivity contribution in [1.29, 1.82) is 0 Å². The Kier molecular flexibility index (Phi) is 11.6. The van der Waals surface area contributed by atoms with Crippen LogP contribution in [0.4, 0.5) is 0 Å². The molecule has 5 nitrogen and oxygen atoms in total. The summed E-state index contributed by atoms with van der Waals surface area (Å²) in [6, 6.07) is 9.89. The fraction of sp³-hybridized carbons (Fsp3) is 0.611. The van der Waals surface area contributed by atoms with Gasteiger partial charge in [0.1, 0.15) is 5.75 Å². The zero-order valence-corrected chi connectivity index (χ0v) is 16.8. The minimum absolute atomic E-state index is 0. The first kappa shape index (κ1) is 21.0. The Hall–Kier alpha value is -1.02. The number of rotatable bonds is 11. The molecule has 2 N–H and O–H groups in total. The lowest BCUT2D eigenvalue weighted by Gasteiger charge is -2.12. The van der Waals surface area contributed by atoms with Crippen molar-refractivity contribution < 1.29 is 9.47 Å². The SMILES string of the molecule is CN=C(NCCCOCC1CC1)NCCCOc1ccccc1.I. The summed E-state index contributed by atoms with van der Waals surface area (Å²) in [7, 11) is 1.79. The van der Waals surface area contributed by atoms with Crippen LogP contribution in [0.2, 0.25) is 0 Å². The standard InChI is InChI=1S/C18H29N3O2.HI/c1-19-18(20-11-5-13-22-15-16-9-10-16)21-12-6-14-23-17-7-3-2-4-8-17;/h2-4,7-8,16H,5-6,9-15H2,1H3,(H2,19,20,21);1H. The Morgan fingerprint density at radius 3 is 2.38 bits per heavy atom. The molecule has 0 bridgehead atoms. The molecule has 0 aliphatic heterocycles. The number of benzene rings is 1. The summed E-state index contributed by atoms with van der Waals surface area (Å²) < 4.78 is 11.3. The maximum atomic E-state index is 5.65. The largest absolute Gasteiger partial charge is 0.494 e. The van der Waals surface area contributed by atoms with Crippen LogP contribution in [0.1, 0.15) is 25.7 Å². The summed E-state index contributed by atoms with van der Waals surface area (Å²) in [4.78, 5) is 4.21. The minimum atomic E-state index is 0. The van der Waals surface area contributed by atoms with E-state index >= 15 is 0 Å². The third-order valence-electron chi connectivity index (χ3n) is 3.66. The lowest BCUT2D eigenvalue weighted by molar-refractivity contribution is 0.123. The molecule has 0 saturated heterocycles. The molecule has 0 amide bonds. The average Bonchev–Trinajstić information content (AvgIpc) is 3.41. The summed E-state index contributed by atoms with van der Waals surface area (Å²) >= 11 is 0. The summed E-state index contributed by atoms with van der Waals surface area (Å²) in [6.45, 7) is 4.18. The van der Waals surface area contributed by atoms with E-state index in [4.69, 9.17) is 9.47 Å². The normalized spacial score (nSPS) is 14.0. The minimum Gasteiger partial charge on any atom is -0.494 e. The Labute approximate surface area is 162 Å². The molecule has 1 saturated carbocycles. The quantitative estimate of drug-likeness (QED) is 0.237. The summed E-state index contributed by atoms with van der Waals surface area (Å²) in [5, 5.41) is 6.59. The highest BCUT2D eigenvalue weighted by molar-refractivity contribution is 14.0. The lowest BCUT2D eigenvalue weighted by atomic mass is 10.3. The number of guanidine groups is 1. The fourth-order valence-corrected chi connectivity index (χ4v) is 2.12. The third kappa shape index (κ3) is 9.97. The first-order valence-corrected chi connectivity index (χ1v) is 8.58. The van der Waals surface area contributed by atoms with E-state index in [2.05, 4.69) is 15.6 Å². The Balaban J connectivity index is 0.00000288. The van der Waals surface area contributed by atoms with Gasteiger partial charge in [0.15, 0.2) is 5.96 Å². The number of nitrogens with one attached hydrogen (secondary N) is 2. The van der Waals surface area contributed by atoms with E-state index < -0.39 is 0 Å². The van der Waals surface area contributed by atoms with Crippen molar-refractivity contribution in [2.75, 3.05) is 40.0 Å². The molecule has 6 heteroatoms. The number of halogens is 1. The van der Waals surface area contributed by atoms with E-state index in [1.54, 1.807) is 7.05 Å². The van der Waals surface area contributed by atoms with Gasteiger partial charge in [0.05, 0.1) is 6.61 Å². The van der Waals surface area contributed by atoms with Crippen molar-refractivity contribution in [2.24, 2.45) is 10.9 Å². The van der Waals surface area contributed by atoms with Gasteiger partial charge in [-0.25, -0.2) is 0 Å². The van der Waals surface area contributed by atoms with Gasteiger partial charge in [-0.1, -0.05) is 18.2 Å². The smallest absolute Gasteiger partial charge is 0.190 e.